The van der Waals surface area contributed by atoms with Crippen molar-refractivity contribution in [1.82, 2.24) is 0 Å². The smallest absolute Gasteiger partial charge is 0.404 e. The van der Waals surface area contributed by atoms with Gasteiger partial charge in [-0.1, -0.05) is 25.5 Å². The highest BCUT2D eigenvalue weighted by Crippen LogP contribution is 2.39. The molecule has 0 fully saturated rings. The van der Waals surface area contributed by atoms with E-state index in [2.05, 4.69) is 11.4 Å². The number of unbranched alkanes of at least 4 members (excludes halogenated alkanes) is 1. The van der Waals surface area contributed by atoms with Gasteiger partial charge in [0.25, 0.3) is 0 Å². The average molecular weight is 259 g/mol. The van der Waals surface area contributed by atoms with E-state index in [1.54, 1.807) is 12.1 Å². The first-order valence-corrected chi connectivity index (χ1v) is 7.06. The molecule has 0 saturated carbocycles. The summed E-state index contributed by atoms with van der Waals surface area (Å²) in [5.41, 5.74) is 7.25. The van der Waals surface area contributed by atoms with Crippen molar-refractivity contribution < 1.29 is 18.9 Å². The van der Waals surface area contributed by atoms with Gasteiger partial charge in [0.15, 0.2) is 0 Å². The standard InChI is InChI=1S/C11H18NO4P/c1-2-3-4-10-7-9(8-12)5-6-11(10)16-17(13,14)15/h5-7H,2-4,8,12H2,1H3,(H2,13,14,15). The first kappa shape index (κ1) is 14.2. The van der Waals surface area contributed by atoms with Crippen molar-refractivity contribution in [2.45, 2.75) is 32.7 Å². The molecule has 0 heterocycles. The topological polar surface area (TPSA) is 92.8 Å². The first-order chi connectivity index (χ1) is 7.96. The van der Waals surface area contributed by atoms with E-state index in [1.807, 2.05) is 6.07 Å². The Morgan fingerprint density at radius 1 is 1.41 bits per heavy atom. The lowest BCUT2D eigenvalue weighted by Crippen LogP contribution is -2.00. The van der Waals surface area contributed by atoms with Gasteiger partial charge in [-0.15, -0.1) is 0 Å². The van der Waals surface area contributed by atoms with Crippen molar-refractivity contribution in [1.29, 1.82) is 0 Å². The second-order valence-corrected chi connectivity index (χ2v) is 5.00. The number of phosphoric acid groups is 1. The molecule has 0 saturated heterocycles. The molecule has 0 aliphatic heterocycles. The Morgan fingerprint density at radius 3 is 2.65 bits per heavy atom. The number of hydrogen-bond acceptors (Lipinski definition) is 3. The molecule has 0 aliphatic carbocycles. The van der Waals surface area contributed by atoms with E-state index in [0.717, 1.165) is 30.4 Å². The zero-order valence-corrected chi connectivity index (χ0v) is 10.7. The largest absolute Gasteiger partial charge is 0.524 e. The van der Waals surface area contributed by atoms with Crippen LogP contribution in [0.5, 0.6) is 5.75 Å². The molecule has 96 valence electrons. The van der Waals surface area contributed by atoms with Crippen LogP contribution >= 0.6 is 7.82 Å². The molecule has 0 unspecified atom stereocenters. The molecule has 0 aromatic heterocycles. The van der Waals surface area contributed by atoms with Crippen molar-refractivity contribution in [3.63, 3.8) is 0 Å². The summed E-state index contributed by atoms with van der Waals surface area (Å²) >= 11 is 0. The molecule has 0 aliphatic rings. The predicted octanol–water partition coefficient (Wildman–Crippen LogP) is 1.96. The van der Waals surface area contributed by atoms with E-state index < -0.39 is 7.82 Å². The summed E-state index contributed by atoms with van der Waals surface area (Å²) in [5.74, 6) is 0.240. The molecule has 6 heteroatoms. The number of rotatable bonds is 6. The number of phosphoric ester groups is 1. The van der Waals surface area contributed by atoms with E-state index in [0.29, 0.717) is 6.54 Å². The Balaban J connectivity index is 2.97. The molecule has 0 spiro atoms. The van der Waals surface area contributed by atoms with Crippen molar-refractivity contribution in [3.8, 4) is 5.75 Å². The number of nitrogens with two attached hydrogens (primary N) is 1. The maximum atomic E-state index is 10.8. The Kier molecular flexibility index (Phi) is 5.15. The number of benzene rings is 1. The van der Waals surface area contributed by atoms with Gasteiger partial charge >= 0.3 is 7.82 Å². The molecule has 1 rings (SSSR count). The molecule has 0 bridgehead atoms. The van der Waals surface area contributed by atoms with Crippen LogP contribution in [0.1, 0.15) is 30.9 Å². The summed E-state index contributed by atoms with van der Waals surface area (Å²) in [7, 11) is -4.50. The lowest BCUT2D eigenvalue weighted by molar-refractivity contribution is 0.282. The minimum absolute atomic E-state index is 0.240. The first-order valence-electron chi connectivity index (χ1n) is 5.53. The lowest BCUT2D eigenvalue weighted by Gasteiger charge is -2.12. The van der Waals surface area contributed by atoms with Gasteiger partial charge in [0.05, 0.1) is 0 Å². The van der Waals surface area contributed by atoms with Crippen molar-refractivity contribution in [2.75, 3.05) is 0 Å². The maximum absolute atomic E-state index is 10.8. The molecule has 5 nitrogen and oxygen atoms in total. The van der Waals surface area contributed by atoms with Gasteiger partial charge in [0, 0.05) is 6.54 Å². The Bertz CT molecular complexity index is 416. The molecule has 1 aromatic rings. The fraction of sp³-hybridized carbons (Fsp3) is 0.455. The zero-order chi connectivity index (χ0) is 12.9. The van der Waals surface area contributed by atoms with Gasteiger partial charge in [-0.25, -0.2) is 4.57 Å². The summed E-state index contributed by atoms with van der Waals surface area (Å²) < 4.78 is 15.5. The van der Waals surface area contributed by atoms with Gasteiger partial charge < -0.3 is 10.3 Å². The van der Waals surface area contributed by atoms with Gasteiger partial charge in [0.2, 0.25) is 0 Å². The average Bonchev–Trinajstić information content (AvgIpc) is 2.26. The normalized spacial score (nSPS) is 11.5. The summed E-state index contributed by atoms with van der Waals surface area (Å²) in [5, 5.41) is 0. The molecule has 1 aromatic carbocycles. The monoisotopic (exact) mass is 259 g/mol. The van der Waals surface area contributed by atoms with Crippen molar-refractivity contribution in [2.24, 2.45) is 5.73 Å². The van der Waals surface area contributed by atoms with Crippen LogP contribution in [0.3, 0.4) is 0 Å². The summed E-state index contributed by atoms with van der Waals surface area (Å²) in [6.07, 6.45) is 2.66. The molecular formula is C11H18NO4P. The molecule has 17 heavy (non-hydrogen) atoms. The Morgan fingerprint density at radius 2 is 2.12 bits per heavy atom. The molecule has 0 atom stereocenters. The van der Waals surface area contributed by atoms with Crippen LogP contribution in [0.25, 0.3) is 0 Å². The van der Waals surface area contributed by atoms with Gasteiger partial charge in [-0.3, -0.25) is 9.79 Å². The molecule has 0 amide bonds. The van der Waals surface area contributed by atoms with E-state index in [1.165, 1.54) is 0 Å². The zero-order valence-electron chi connectivity index (χ0n) is 9.80. The third-order valence-corrected chi connectivity index (χ3v) is 2.81. The van der Waals surface area contributed by atoms with Crippen molar-refractivity contribution >= 4 is 7.82 Å². The summed E-state index contributed by atoms with van der Waals surface area (Å²) in [4.78, 5) is 17.6. The molecule has 0 radical (unpaired) electrons. The second kappa shape index (κ2) is 6.17. The number of aryl methyl sites for hydroxylation is 1. The van der Waals surface area contributed by atoms with E-state index in [-0.39, 0.29) is 5.75 Å². The van der Waals surface area contributed by atoms with Crippen LogP contribution in [-0.2, 0) is 17.5 Å². The van der Waals surface area contributed by atoms with E-state index >= 15 is 0 Å². The summed E-state index contributed by atoms with van der Waals surface area (Å²) in [6, 6.07) is 5.10. The van der Waals surface area contributed by atoms with E-state index in [4.69, 9.17) is 15.5 Å². The van der Waals surface area contributed by atoms with Gasteiger partial charge in [0.1, 0.15) is 5.75 Å². The third kappa shape index (κ3) is 4.88. The second-order valence-electron chi connectivity index (χ2n) is 3.83. The van der Waals surface area contributed by atoms with Crippen LogP contribution in [0.4, 0.5) is 0 Å². The SMILES string of the molecule is CCCCc1cc(CN)ccc1OP(=O)(O)O. The van der Waals surface area contributed by atoms with Crippen molar-refractivity contribution in [3.05, 3.63) is 29.3 Å². The number of hydrogen-bond donors (Lipinski definition) is 3. The Labute approximate surface area is 101 Å². The minimum atomic E-state index is -4.50. The fourth-order valence-corrected chi connectivity index (χ4v) is 1.97. The lowest BCUT2D eigenvalue weighted by atomic mass is 10.0. The molecule has 4 N–H and O–H groups in total. The van der Waals surface area contributed by atoms with Crippen LogP contribution in [0, 0.1) is 0 Å². The maximum Gasteiger partial charge on any atom is 0.524 e. The highest BCUT2D eigenvalue weighted by Gasteiger charge is 2.18. The molecular weight excluding hydrogens is 241 g/mol. The van der Waals surface area contributed by atoms with Crippen LogP contribution < -0.4 is 10.3 Å². The van der Waals surface area contributed by atoms with Crippen LogP contribution in [0.2, 0.25) is 0 Å². The Hall–Kier alpha value is -0.870. The van der Waals surface area contributed by atoms with Gasteiger partial charge in [-0.05, 0) is 30.0 Å². The predicted molar refractivity (Wildman–Crippen MR) is 65.6 cm³/mol. The van der Waals surface area contributed by atoms with Gasteiger partial charge in [-0.2, -0.15) is 0 Å². The highest BCUT2D eigenvalue weighted by molar-refractivity contribution is 7.46. The minimum Gasteiger partial charge on any atom is -0.404 e. The third-order valence-electron chi connectivity index (χ3n) is 2.38. The van der Waals surface area contributed by atoms with Crippen LogP contribution in [-0.4, -0.2) is 9.79 Å². The quantitative estimate of drug-likeness (QED) is 0.679. The highest BCUT2D eigenvalue weighted by atomic mass is 31.2. The van der Waals surface area contributed by atoms with Crippen LogP contribution in [0.15, 0.2) is 18.2 Å². The fourth-order valence-electron chi connectivity index (χ4n) is 1.54. The summed E-state index contributed by atoms with van der Waals surface area (Å²) in [6.45, 7) is 2.45. The van der Waals surface area contributed by atoms with E-state index in [9.17, 15) is 4.57 Å².